The quantitative estimate of drug-likeness (QED) is 0.667. The highest BCUT2D eigenvalue weighted by Gasteiger charge is 2.37. The van der Waals surface area contributed by atoms with E-state index in [1.54, 1.807) is 0 Å². The summed E-state index contributed by atoms with van der Waals surface area (Å²) < 4.78 is 5.21. The molecule has 0 spiro atoms. The Bertz CT molecular complexity index is 809. The van der Waals surface area contributed by atoms with Gasteiger partial charge in [-0.15, -0.1) is 0 Å². The van der Waals surface area contributed by atoms with Crippen molar-refractivity contribution in [1.82, 2.24) is 4.90 Å². The smallest absolute Gasteiger partial charge is 0.310 e. The van der Waals surface area contributed by atoms with Gasteiger partial charge in [-0.1, -0.05) is 27.2 Å². The van der Waals surface area contributed by atoms with Gasteiger partial charge in [0, 0.05) is 12.6 Å². The molecule has 1 aromatic carbocycles. The maximum atomic E-state index is 13.2. The molecule has 1 aliphatic heterocycles. The number of esters is 1. The van der Waals surface area contributed by atoms with E-state index >= 15 is 0 Å². The zero-order valence-corrected chi connectivity index (χ0v) is 19.1. The first-order valence-electron chi connectivity index (χ1n) is 11.3. The molecule has 4 heteroatoms. The van der Waals surface area contributed by atoms with E-state index in [-0.39, 0.29) is 11.9 Å². The highest BCUT2D eigenvalue weighted by Crippen LogP contribution is 2.40. The van der Waals surface area contributed by atoms with Gasteiger partial charge in [-0.25, -0.2) is 0 Å². The fourth-order valence-electron chi connectivity index (χ4n) is 5.57. The van der Waals surface area contributed by atoms with Gasteiger partial charge in [-0.2, -0.15) is 0 Å². The highest BCUT2D eigenvalue weighted by atomic mass is 16.5. The third-order valence-corrected chi connectivity index (χ3v) is 7.12. The number of carbonyl (C=O) groups is 2. The van der Waals surface area contributed by atoms with Gasteiger partial charge in [-0.3, -0.25) is 9.59 Å². The lowest BCUT2D eigenvalue weighted by Gasteiger charge is -2.44. The standard InChI is InChI=1S/C25H37NO3/c1-7-19-16(3)22-15-26(18-10-9-11-25(5,6)14-18)23(27)12-20(22)17(4)21(19)13-24(28)29-8-2/h18H,7-15H2,1-6H3. The van der Waals surface area contributed by atoms with E-state index in [1.165, 1.54) is 29.5 Å². The predicted molar refractivity (Wildman–Crippen MR) is 116 cm³/mol. The van der Waals surface area contributed by atoms with Crippen molar-refractivity contribution < 1.29 is 14.3 Å². The van der Waals surface area contributed by atoms with Gasteiger partial charge in [0.15, 0.2) is 0 Å². The maximum absolute atomic E-state index is 13.2. The van der Waals surface area contributed by atoms with Crippen LogP contribution >= 0.6 is 0 Å². The van der Waals surface area contributed by atoms with Crippen molar-refractivity contribution in [1.29, 1.82) is 0 Å². The molecule has 29 heavy (non-hydrogen) atoms. The van der Waals surface area contributed by atoms with Crippen LogP contribution in [0.15, 0.2) is 0 Å². The van der Waals surface area contributed by atoms with Crippen LogP contribution in [0.5, 0.6) is 0 Å². The SMILES string of the molecule is CCOC(=O)Cc1c(C)c2c(c(C)c1CC)CN(C1CCCC(C)(C)C1)C(=O)C2. The molecular weight excluding hydrogens is 362 g/mol. The molecule has 1 saturated carbocycles. The molecule has 1 atom stereocenters. The topological polar surface area (TPSA) is 46.6 Å². The van der Waals surface area contributed by atoms with Gasteiger partial charge in [0.2, 0.25) is 5.91 Å². The molecule has 1 aromatic rings. The number of fused-ring (bicyclic) bond motifs is 1. The Hall–Kier alpha value is -1.84. The molecule has 1 fully saturated rings. The molecule has 0 aromatic heterocycles. The summed E-state index contributed by atoms with van der Waals surface area (Å²) in [5.74, 6) is 0.0619. The summed E-state index contributed by atoms with van der Waals surface area (Å²) in [6.07, 6.45) is 6.30. The molecule has 4 nitrogen and oxygen atoms in total. The molecule has 0 radical (unpaired) electrons. The van der Waals surface area contributed by atoms with E-state index in [0.29, 0.717) is 37.5 Å². The Labute approximate surface area is 176 Å². The molecular formula is C25H37NO3. The summed E-state index contributed by atoms with van der Waals surface area (Å²) in [5, 5.41) is 0. The Morgan fingerprint density at radius 1 is 1.14 bits per heavy atom. The first-order chi connectivity index (χ1) is 13.7. The van der Waals surface area contributed by atoms with Crippen LogP contribution < -0.4 is 0 Å². The molecule has 1 aliphatic carbocycles. The molecule has 1 heterocycles. The summed E-state index contributed by atoms with van der Waals surface area (Å²) in [4.78, 5) is 27.5. The van der Waals surface area contributed by atoms with Gasteiger partial charge >= 0.3 is 5.97 Å². The predicted octanol–water partition coefficient (Wildman–Crippen LogP) is 4.82. The number of benzene rings is 1. The number of ether oxygens (including phenoxy) is 1. The average molecular weight is 400 g/mol. The number of hydrogen-bond donors (Lipinski definition) is 0. The van der Waals surface area contributed by atoms with E-state index < -0.39 is 0 Å². The normalized spacial score (nSPS) is 21.1. The largest absolute Gasteiger partial charge is 0.466 e. The van der Waals surface area contributed by atoms with Gasteiger partial charge in [0.05, 0.1) is 19.4 Å². The van der Waals surface area contributed by atoms with E-state index in [0.717, 1.165) is 36.0 Å². The van der Waals surface area contributed by atoms with E-state index in [1.807, 2.05) is 6.92 Å². The lowest BCUT2D eigenvalue weighted by molar-refractivity contribution is -0.142. The third kappa shape index (κ3) is 4.36. The summed E-state index contributed by atoms with van der Waals surface area (Å²) in [6, 6.07) is 0.350. The van der Waals surface area contributed by atoms with Gasteiger partial charge in [0.25, 0.3) is 0 Å². The lowest BCUT2D eigenvalue weighted by atomic mass is 9.74. The van der Waals surface area contributed by atoms with E-state index in [4.69, 9.17) is 4.74 Å². The van der Waals surface area contributed by atoms with Crippen LogP contribution in [-0.2, 0) is 40.1 Å². The molecule has 160 valence electrons. The average Bonchev–Trinajstić information content (AvgIpc) is 2.65. The van der Waals surface area contributed by atoms with Crippen molar-refractivity contribution in [3.05, 3.63) is 33.4 Å². The minimum absolute atomic E-state index is 0.183. The number of carbonyl (C=O) groups excluding carboxylic acids is 2. The molecule has 0 bridgehead atoms. The van der Waals surface area contributed by atoms with Crippen molar-refractivity contribution in [2.45, 2.75) is 99.1 Å². The van der Waals surface area contributed by atoms with Crippen LogP contribution in [-0.4, -0.2) is 29.4 Å². The second-order valence-electron chi connectivity index (χ2n) is 9.61. The molecule has 0 saturated heterocycles. The van der Waals surface area contributed by atoms with Crippen LogP contribution in [0.1, 0.15) is 86.8 Å². The van der Waals surface area contributed by atoms with Crippen molar-refractivity contribution in [3.63, 3.8) is 0 Å². The van der Waals surface area contributed by atoms with Crippen LogP contribution in [0.4, 0.5) is 0 Å². The zero-order chi connectivity index (χ0) is 21.3. The third-order valence-electron chi connectivity index (χ3n) is 7.12. The molecule has 1 unspecified atom stereocenters. The number of hydrogen-bond acceptors (Lipinski definition) is 3. The van der Waals surface area contributed by atoms with Crippen LogP contribution in [0.2, 0.25) is 0 Å². The second kappa shape index (κ2) is 8.49. The lowest BCUT2D eigenvalue weighted by Crippen LogP contribution is -2.47. The van der Waals surface area contributed by atoms with Crippen molar-refractivity contribution in [2.75, 3.05) is 6.61 Å². The van der Waals surface area contributed by atoms with Crippen LogP contribution in [0.25, 0.3) is 0 Å². The van der Waals surface area contributed by atoms with Crippen LogP contribution in [0, 0.1) is 19.3 Å². The number of amides is 1. The Kier molecular flexibility index (Phi) is 6.40. The number of rotatable bonds is 5. The van der Waals surface area contributed by atoms with E-state index in [9.17, 15) is 9.59 Å². The Morgan fingerprint density at radius 2 is 1.83 bits per heavy atom. The molecule has 0 N–H and O–H groups in total. The fourth-order valence-corrected chi connectivity index (χ4v) is 5.57. The molecule has 3 rings (SSSR count). The second-order valence-corrected chi connectivity index (χ2v) is 9.61. The van der Waals surface area contributed by atoms with E-state index in [2.05, 4.69) is 39.5 Å². The minimum Gasteiger partial charge on any atom is -0.466 e. The molecule has 1 amide bonds. The van der Waals surface area contributed by atoms with Gasteiger partial charge in [-0.05, 0) is 85.3 Å². The summed E-state index contributed by atoms with van der Waals surface area (Å²) in [6.45, 7) is 14.0. The fraction of sp³-hybridized carbons (Fsp3) is 0.680. The highest BCUT2D eigenvalue weighted by molar-refractivity contribution is 5.83. The van der Waals surface area contributed by atoms with Crippen molar-refractivity contribution in [3.8, 4) is 0 Å². The Balaban J connectivity index is 1.97. The minimum atomic E-state index is -0.183. The number of nitrogens with zero attached hydrogens (tertiary/aromatic N) is 1. The first kappa shape index (κ1) is 21.9. The van der Waals surface area contributed by atoms with Crippen molar-refractivity contribution >= 4 is 11.9 Å². The van der Waals surface area contributed by atoms with Gasteiger partial charge < -0.3 is 9.64 Å². The van der Waals surface area contributed by atoms with Crippen LogP contribution in [0.3, 0.4) is 0 Å². The summed E-state index contributed by atoms with van der Waals surface area (Å²) >= 11 is 0. The van der Waals surface area contributed by atoms with Crippen molar-refractivity contribution in [2.24, 2.45) is 5.41 Å². The van der Waals surface area contributed by atoms with Gasteiger partial charge in [0.1, 0.15) is 0 Å². The molecule has 2 aliphatic rings. The zero-order valence-electron chi connectivity index (χ0n) is 19.1. The Morgan fingerprint density at radius 3 is 2.45 bits per heavy atom. The monoisotopic (exact) mass is 399 g/mol. The first-order valence-corrected chi connectivity index (χ1v) is 11.3. The summed E-state index contributed by atoms with van der Waals surface area (Å²) in [7, 11) is 0. The maximum Gasteiger partial charge on any atom is 0.310 e. The summed E-state index contributed by atoms with van der Waals surface area (Å²) in [5.41, 5.74) is 7.49.